The average molecular weight is 435 g/mol. The zero-order chi connectivity index (χ0) is 22.0. The minimum Gasteiger partial charge on any atom is -0.495 e. The van der Waals surface area contributed by atoms with E-state index < -0.39 is 0 Å². The molecular formula is C25H23ClN2O3. The highest BCUT2D eigenvalue weighted by Crippen LogP contribution is 2.34. The number of carbonyl (C=O) groups excluding carboxylic acids is 2. The van der Waals surface area contributed by atoms with Crippen molar-refractivity contribution < 1.29 is 14.3 Å². The molecule has 4 rings (SSSR count). The third-order valence-electron chi connectivity index (χ3n) is 5.50. The van der Waals surface area contributed by atoms with Crippen molar-refractivity contribution in [3.05, 3.63) is 94.0 Å². The van der Waals surface area contributed by atoms with E-state index in [1.54, 1.807) is 23.1 Å². The fraction of sp³-hybridized carbons (Fsp3) is 0.200. The summed E-state index contributed by atoms with van der Waals surface area (Å²) >= 11 is 6.17. The van der Waals surface area contributed by atoms with Crippen LogP contribution < -0.4 is 10.1 Å². The predicted molar refractivity (Wildman–Crippen MR) is 121 cm³/mol. The van der Waals surface area contributed by atoms with Crippen molar-refractivity contribution in [3.8, 4) is 5.75 Å². The van der Waals surface area contributed by atoms with Crippen LogP contribution in [-0.2, 0) is 11.3 Å². The summed E-state index contributed by atoms with van der Waals surface area (Å²) in [5.41, 5.74) is 4.30. The minimum absolute atomic E-state index is 0.0542. The Hall–Kier alpha value is -3.31. The van der Waals surface area contributed by atoms with Crippen molar-refractivity contribution in [2.24, 2.45) is 0 Å². The summed E-state index contributed by atoms with van der Waals surface area (Å²) in [6, 6.07) is 20.2. The molecule has 0 saturated carbocycles. The smallest absolute Gasteiger partial charge is 0.255 e. The number of nitrogens with zero attached hydrogens (tertiary/aromatic N) is 1. The van der Waals surface area contributed by atoms with Gasteiger partial charge in [-0.1, -0.05) is 59.6 Å². The zero-order valence-electron chi connectivity index (χ0n) is 17.4. The number of amides is 2. The van der Waals surface area contributed by atoms with Gasteiger partial charge in [0, 0.05) is 17.8 Å². The normalized spacial score (nSPS) is 13.6. The summed E-state index contributed by atoms with van der Waals surface area (Å²) in [7, 11) is 1.54. The number of aryl methyl sites for hydroxylation is 1. The van der Waals surface area contributed by atoms with Crippen LogP contribution in [0, 0.1) is 6.92 Å². The number of halogens is 1. The van der Waals surface area contributed by atoms with E-state index in [1.165, 1.54) is 7.11 Å². The number of rotatable bonds is 6. The van der Waals surface area contributed by atoms with Crippen molar-refractivity contribution in [1.82, 2.24) is 4.90 Å². The van der Waals surface area contributed by atoms with Crippen LogP contribution in [0.25, 0.3) is 0 Å². The summed E-state index contributed by atoms with van der Waals surface area (Å²) in [6.45, 7) is 2.49. The lowest BCUT2D eigenvalue weighted by molar-refractivity contribution is -0.117. The molecule has 2 amide bonds. The summed E-state index contributed by atoms with van der Waals surface area (Å²) in [4.78, 5) is 27.8. The SMILES string of the molecule is COc1ccc(NC(=O)C[C@H](c2ccc(C)cc2)N2Cc3ccccc3C2=O)cc1Cl. The molecule has 0 unspecified atom stereocenters. The van der Waals surface area contributed by atoms with E-state index in [0.717, 1.165) is 16.7 Å². The predicted octanol–water partition coefficient (Wildman–Crippen LogP) is 5.38. The zero-order valence-corrected chi connectivity index (χ0v) is 18.1. The van der Waals surface area contributed by atoms with Crippen molar-refractivity contribution in [2.45, 2.75) is 25.9 Å². The summed E-state index contributed by atoms with van der Waals surface area (Å²) in [5, 5.41) is 3.31. The largest absolute Gasteiger partial charge is 0.495 e. The molecule has 1 N–H and O–H groups in total. The molecule has 0 radical (unpaired) electrons. The first-order valence-electron chi connectivity index (χ1n) is 10.0. The van der Waals surface area contributed by atoms with E-state index in [1.807, 2.05) is 55.5 Å². The fourth-order valence-electron chi connectivity index (χ4n) is 3.86. The molecule has 0 saturated heterocycles. The number of ether oxygens (including phenoxy) is 1. The minimum atomic E-state index is -0.380. The Morgan fingerprint density at radius 1 is 1.13 bits per heavy atom. The second kappa shape index (κ2) is 8.82. The topological polar surface area (TPSA) is 58.6 Å². The van der Waals surface area contributed by atoms with Gasteiger partial charge in [-0.2, -0.15) is 0 Å². The molecule has 1 heterocycles. The Kier molecular flexibility index (Phi) is 5.96. The number of carbonyl (C=O) groups is 2. The Bertz CT molecular complexity index is 1130. The Labute approximate surface area is 186 Å². The van der Waals surface area contributed by atoms with E-state index >= 15 is 0 Å². The average Bonchev–Trinajstić information content (AvgIpc) is 3.09. The van der Waals surface area contributed by atoms with Gasteiger partial charge in [0.25, 0.3) is 5.91 Å². The van der Waals surface area contributed by atoms with Crippen LogP contribution in [0.5, 0.6) is 5.75 Å². The highest BCUT2D eigenvalue weighted by Gasteiger charge is 2.34. The molecule has 3 aromatic carbocycles. The second-order valence-corrected chi connectivity index (χ2v) is 8.03. The van der Waals surface area contributed by atoms with Gasteiger partial charge in [-0.05, 0) is 42.3 Å². The molecule has 1 aliphatic heterocycles. The second-order valence-electron chi connectivity index (χ2n) is 7.62. The van der Waals surface area contributed by atoms with Gasteiger partial charge in [0.1, 0.15) is 5.75 Å². The van der Waals surface area contributed by atoms with Gasteiger partial charge >= 0.3 is 0 Å². The molecule has 5 nitrogen and oxygen atoms in total. The van der Waals surface area contributed by atoms with E-state index in [4.69, 9.17) is 16.3 Å². The van der Waals surface area contributed by atoms with Crippen LogP contribution in [0.2, 0.25) is 5.02 Å². The van der Waals surface area contributed by atoms with E-state index in [0.29, 0.717) is 28.6 Å². The van der Waals surface area contributed by atoms with Gasteiger partial charge < -0.3 is 15.0 Å². The van der Waals surface area contributed by atoms with Crippen molar-refractivity contribution >= 4 is 29.1 Å². The number of benzene rings is 3. The monoisotopic (exact) mass is 434 g/mol. The third-order valence-corrected chi connectivity index (χ3v) is 5.80. The lowest BCUT2D eigenvalue weighted by Crippen LogP contribution is -2.32. The Morgan fingerprint density at radius 2 is 1.87 bits per heavy atom. The van der Waals surface area contributed by atoms with Gasteiger partial charge in [0.05, 0.1) is 24.6 Å². The molecular weight excluding hydrogens is 412 g/mol. The van der Waals surface area contributed by atoms with Crippen LogP contribution >= 0.6 is 11.6 Å². The number of methoxy groups -OCH3 is 1. The molecule has 0 bridgehead atoms. The lowest BCUT2D eigenvalue weighted by Gasteiger charge is -2.28. The molecule has 0 aliphatic carbocycles. The van der Waals surface area contributed by atoms with Gasteiger partial charge in [0.15, 0.2) is 0 Å². The number of anilines is 1. The number of nitrogens with one attached hydrogen (secondary N) is 1. The van der Waals surface area contributed by atoms with Gasteiger partial charge in [-0.15, -0.1) is 0 Å². The first kappa shape index (κ1) is 20.9. The summed E-state index contributed by atoms with van der Waals surface area (Å²) in [5.74, 6) is 0.287. The Balaban J connectivity index is 1.58. The molecule has 0 fully saturated rings. The molecule has 0 spiro atoms. The van der Waals surface area contributed by atoms with Crippen molar-refractivity contribution in [3.63, 3.8) is 0 Å². The van der Waals surface area contributed by atoms with E-state index in [2.05, 4.69) is 5.32 Å². The van der Waals surface area contributed by atoms with E-state index in [-0.39, 0.29) is 24.3 Å². The maximum atomic E-state index is 13.1. The third kappa shape index (κ3) is 4.42. The molecule has 0 aromatic heterocycles. The molecule has 6 heteroatoms. The maximum Gasteiger partial charge on any atom is 0.255 e. The van der Waals surface area contributed by atoms with Crippen LogP contribution in [0.3, 0.4) is 0 Å². The fourth-order valence-corrected chi connectivity index (χ4v) is 4.11. The van der Waals surface area contributed by atoms with Crippen molar-refractivity contribution in [1.29, 1.82) is 0 Å². The molecule has 3 aromatic rings. The molecule has 31 heavy (non-hydrogen) atoms. The van der Waals surface area contributed by atoms with Gasteiger partial charge in [-0.25, -0.2) is 0 Å². The first-order chi connectivity index (χ1) is 15.0. The number of fused-ring (bicyclic) bond motifs is 1. The van der Waals surface area contributed by atoms with Crippen LogP contribution in [0.15, 0.2) is 66.7 Å². The standard InChI is InChI=1S/C25H23ClN2O3/c1-16-7-9-17(10-8-16)22(28-15-18-5-3-4-6-20(18)25(28)30)14-24(29)27-19-11-12-23(31-2)21(26)13-19/h3-13,22H,14-15H2,1-2H3,(H,27,29)/t22-/m1/s1. The van der Waals surface area contributed by atoms with Crippen LogP contribution in [0.4, 0.5) is 5.69 Å². The number of hydrogen-bond donors (Lipinski definition) is 1. The molecule has 1 atom stereocenters. The Morgan fingerprint density at radius 3 is 2.55 bits per heavy atom. The maximum absolute atomic E-state index is 13.1. The molecule has 158 valence electrons. The lowest BCUT2D eigenvalue weighted by atomic mass is 10.00. The highest BCUT2D eigenvalue weighted by atomic mass is 35.5. The summed E-state index contributed by atoms with van der Waals surface area (Å²) < 4.78 is 5.16. The van der Waals surface area contributed by atoms with Crippen LogP contribution in [-0.4, -0.2) is 23.8 Å². The van der Waals surface area contributed by atoms with Crippen LogP contribution in [0.1, 0.15) is 39.5 Å². The summed E-state index contributed by atoms with van der Waals surface area (Å²) in [6.07, 6.45) is 0.131. The van der Waals surface area contributed by atoms with Gasteiger partial charge in [-0.3, -0.25) is 9.59 Å². The van der Waals surface area contributed by atoms with Crippen molar-refractivity contribution in [2.75, 3.05) is 12.4 Å². The number of hydrogen-bond acceptors (Lipinski definition) is 3. The highest BCUT2D eigenvalue weighted by molar-refractivity contribution is 6.32. The quantitative estimate of drug-likeness (QED) is 0.566. The molecule has 1 aliphatic rings. The van der Waals surface area contributed by atoms with E-state index in [9.17, 15) is 9.59 Å². The first-order valence-corrected chi connectivity index (χ1v) is 10.4. The van der Waals surface area contributed by atoms with Gasteiger partial charge in [0.2, 0.25) is 5.91 Å².